The molecule has 0 bridgehead atoms. The van der Waals surface area contributed by atoms with E-state index in [0.717, 1.165) is 24.5 Å². The molecule has 5 nitrogen and oxygen atoms in total. The third-order valence-electron chi connectivity index (χ3n) is 4.50. The van der Waals surface area contributed by atoms with E-state index in [4.69, 9.17) is 0 Å². The number of carbonyl (C=O) groups is 1. The fourth-order valence-corrected chi connectivity index (χ4v) is 4.43. The fourth-order valence-electron chi connectivity index (χ4n) is 3.15. The number of hydrogen-bond donors (Lipinski definition) is 1. The van der Waals surface area contributed by atoms with Crippen LogP contribution < -0.4 is 9.62 Å². The first kappa shape index (κ1) is 18.4. The highest BCUT2D eigenvalue weighted by molar-refractivity contribution is 7.92. The zero-order valence-electron chi connectivity index (χ0n) is 14.8. The monoisotopic (exact) mass is 376 g/mol. The van der Waals surface area contributed by atoms with Crippen LogP contribution >= 0.6 is 0 Å². The molecule has 1 amide bonds. The SMILES string of the molecule is Cc1ccc(NS(=O)(=O)c2ccc(F)cc2C)cc1N1CCCCC1=O. The third-order valence-corrected chi connectivity index (χ3v) is 6.04. The molecule has 0 aromatic heterocycles. The number of anilines is 2. The summed E-state index contributed by atoms with van der Waals surface area (Å²) in [5.41, 5.74) is 2.32. The molecule has 1 N–H and O–H groups in total. The predicted molar refractivity (Wildman–Crippen MR) is 99.3 cm³/mol. The van der Waals surface area contributed by atoms with Crippen LogP contribution in [0.25, 0.3) is 0 Å². The van der Waals surface area contributed by atoms with E-state index in [-0.39, 0.29) is 10.8 Å². The van der Waals surface area contributed by atoms with E-state index in [9.17, 15) is 17.6 Å². The van der Waals surface area contributed by atoms with Gasteiger partial charge in [-0.2, -0.15) is 0 Å². The number of piperidine rings is 1. The van der Waals surface area contributed by atoms with E-state index >= 15 is 0 Å². The van der Waals surface area contributed by atoms with Crippen molar-refractivity contribution in [3.8, 4) is 0 Å². The van der Waals surface area contributed by atoms with Crippen molar-refractivity contribution in [1.29, 1.82) is 0 Å². The minimum absolute atomic E-state index is 0.0232. The van der Waals surface area contributed by atoms with E-state index < -0.39 is 15.8 Å². The molecule has 3 rings (SSSR count). The second-order valence-corrected chi connectivity index (χ2v) is 8.17. The minimum Gasteiger partial charge on any atom is -0.312 e. The Hall–Kier alpha value is -2.41. The average molecular weight is 376 g/mol. The van der Waals surface area contributed by atoms with Crippen LogP contribution in [0.2, 0.25) is 0 Å². The van der Waals surface area contributed by atoms with Gasteiger partial charge in [-0.3, -0.25) is 9.52 Å². The summed E-state index contributed by atoms with van der Waals surface area (Å²) in [6, 6.07) is 8.66. The summed E-state index contributed by atoms with van der Waals surface area (Å²) in [7, 11) is -3.85. The van der Waals surface area contributed by atoms with Gasteiger partial charge in [-0.15, -0.1) is 0 Å². The quantitative estimate of drug-likeness (QED) is 0.883. The molecule has 2 aromatic carbocycles. The molecule has 0 atom stereocenters. The maximum absolute atomic E-state index is 13.2. The van der Waals surface area contributed by atoms with Crippen molar-refractivity contribution in [1.82, 2.24) is 0 Å². The average Bonchev–Trinajstić information content (AvgIpc) is 2.56. The van der Waals surface area contributed by atoms with Crippen LogP contribution in [0, 0.1) is 19.7 Å². The van der Waals surface area contributed by atoms with E-state index in [1.165, 1.54) is 12.1 Å². The summed E-state index contributed by atoms with van der Waals surface area (Å²) >= 11 is 0. The largest absolute Gasteiger partial charge is 0.312 e. The highest BCUT2D eigenvalue weighted by atomic mass is 32.2. The topological polar surface area (TPSA) is 66.5 Å². The number of sulfonamides is 1. The van der Waals surface area contributed by atoms with Gasteiger partial charge in [-0.25, -0.2) is 12.8 Å². The van der Waals surface area contributed by atoms with Gasteiger partial charge >= 0.3 is 0 Å². The van der Waals surface area contributed by atoms with Crippen molar-refractivity contribution in [2.24, 2.45) is 0 Å². The molecule has 0 saturated carbocycles. The van der Waals surface area contributed by atoms with Crippen molar-refractivity contribution < 1.29 is 17.6 Å². The number of carbonyl (C=O) groups excluding carboxylic acids is 1. The van der Waals surface area contributed by atoms with Crippen molar-refractivity contribution in [3.05, 3.63) is 53.3 Å². The number of rotatable bonds is 4. The summed E-state index contributed by atoms with van der Waals surface area (Å²) in [5, 5.41) is 0. The lowest BCUT2D eigenvalue weighted by molar-refractivity contribution is -0.119. The first-order valence-electron chi connectivity index (χ1n) is 8.48. The van der Waals surface area contributed by atoms with Gasteiger partial charge in [0.15, 0.2) is 0 Å². The number of hydrogen-bond acceptors (Lipinski definition) is 3. The number of nitrogens with zero attached hydrogens (tertiary/aromatic N) is 1. The van der Waals surface area contributed by atoms with Gasteiger partial charge in [-0.1, -0.05) is 6.07 Å². The molecule has 0 radical (unpaired) electrons. The van der Waals surface area contributed by atoms with Gasteiger partial charge in [-0.05, 0) is 68.1 Å². The Morgan fingerprint density at radius 2 is 1.81 bits per heavy atom. The Morgan fingerprint density at radius 1 is 1.04 bits per heavy atom. The summed E-state index contributed by atoms with van der Waals surface area (Å²) in [4.78, 5) is 13.9. The van der Waals surface area contributed by atoms with Crippen molar-refractivity contribution in [2.45, 2.75) is 38.0 Å². The second-order valence-electron chi connectivity index (χ2n) is 6.52. The minimum atomic E-state index is -3.85. The van der Waals surface area contributed by atoms with E-state index in [0.29, 0.717) is 29.9 Å². The number of amides is 1. The molecule has 1 aliphatic rings. The van der Waals surface area contributed by atoms with E-state index in [2.05, 4.69) is 4.72 Å². The number of halogens is 1. The molecule has 1 aliphatic heterocycles. The van der Waals surface area contributed by atoms with Crippen molar-refractivity contribution in [3.63, 3.8) is 0 Å². The molecular weight excluding hydrogens is 355 g/mol. The lowest BCUT2D eigenvalue weighted by atomic mass is 10.1. The second kappa shape index (κ2) is 7.07. The Balaban J connectivity index is 1.92. The van der Waals surface area contributed by atoms with Gasteiger partial charge in [0, 0.05) is 18.7 Å². The van der Waals surface area contributed by atoms with Crippen LogP contribution in [0.4, 0.5) is 15.8 Å². The predicted octanol–water partition coefficient (Wildman–Crippen LogP) is 3.76. The standard InChI is InChI=1S/C19H21FN2O3S/c1-13-6-8-16(12-17(13)22-10-4-3-5-19(22)23)21-26(24,25)18-9-7-15(20)11-14(18)2/h6-9,11-12,21H,3-5,10H2,1-2H3. The molecule has 138 valence electrons. The molecule has 2 aromatic rings. The summed E-state index contributed by atoms with van der Waals surface area (Å²) < 4.78 is 41.1. The Kier molecular flexibility index (Phi) is 5.00. The third kappa shape index (κ3) is 3.72. The van der Waals surface area contributed by atoms with Crippen LogP contribution in [0.5, 0.6) is 0 Å². The molecule has 26 heavy (non-hydrogen) atoms. The smallest absolute Gasteiger partial charge is 0.262 e. The molecule has 1 saturated heterocycles. The van der Waals surface area contributed by atoms with Gasteiger partial charge in [0.25, 0.3) is 10.0 Å². The van der Waals surface area contributed by atoms with Crippen LogP contribution in [0.3, 0.4) is 0 Å². The first-order valence-corrected chi connectivity index (χ1v) is 9.96. The molecule has 0 aliphatic carbocycles. The Morgan fingerprint density at radius 3 is 2.50 bits per heavy atom. The maximum Gasteiger partial charge on any atom is 0.262 e. The van der Waals surface area contributed by atoms with Crippen LogP contribution in [0.15, 0.2) is 41.3 Å². The number of benzene rings is 2. The summed E-state index contributed by atoms with van der Waals surface area (Å²) in [6.07, 6.45) is 2.31. The fraction of sp³-hybridized carbons (Fsp3) is 0.316. The van der Waals surface area contributed by atoms with Crippen molar-refractivity contribution >= 4 is 27.3 Å². The highest BCUT2D eigenvalue weighted by Gasteiger charge is 2.22. The van der Waals surface area contributed by atoms with Gasteiger partial charge in [0.05, 0.1) is 10.6 Å². The first-order chi connectivity index (χ1) is 12.3. The molecule has 1 fully saturated rings. The summed E-state index contributed by atoms with van der Waals surface area (Å²) in [5.74, 6) is -0.434. The molecule has 0 unspecified atom stereocenters. The molecule has 0 spiro atoms. The maximum atomic E-state index is 13.2. The van der Waals surface area contributed by atoms with E-state index in [1.54, 1.807) is 30.0 Å². The van der Waals surface area contributed by atoms with Crippen LogP contribution in [0.1, 0.15) is 30.4 Å². The normalized spacial score (nSPS) is 15.2. The molecular formula is C19H21FN2O3S. The van der Waals surface area contributed by atoms with Crippen molar-refractivity contribution in [2.75, 3.05) is 16.2 Å². The summed E-state index contributed by atoms with van der Waals surface area (Å²) in [6.45, 7) is 4.07. The van der Waals surface area contributed by atoms with Crippen LogP contribution in [-0.4, -0.2) is 20.9 Å². The van der Waals surface area contributed by atoms with Crippen LogP contribution in [-0.2, 0) is 14.8 Å². The van der Waals surface area contributed by atoms with Gasteiger partial charge in [0.2, 0.25) is 5.91 Å². The lowest BCUT2D eigenvalue weighted by Gasteiger charge is -2.28. The number of nitrogens with one attached hydrogen (secondary N) is 1. The van der Waals surface area contributed by atoms with Gasteiger partial charge < -0.3 is 4.90 Å². The Bertz CT molecular complexity index is 957. The molecule has 1 heterocycles. The zero-order valence-corrected chi connectivity index (χ0v) is 15.6. The number of aryl methyl sites for hydroxylation is 2. The van der Waals surface area contributed by atoms with E-state index in [1.807, 2.05) is 6.92 Å². The highest BCUT2D eigenvalue weighted by Crippen LogP contribution is 2.29. The van der Waals surface area contributed by atoms with Gasteiger partial charge in [0.1, 0.15) is 5.82 Å². The zero-order chi connectivity index (χ0) is 18.9. The molecule has 7 heteroatoms. The lowest BCUT2D eigenvalue weighted by Crippen LogP contribution is -2.35. The Labute approximate surface area is 152 Å².